The van der Waals surface area contributed by atoms with Crippen LogP contribution in [0, 0.1) is 0 Å². The Morgan fingerprint density at radius 2 is 2.21 bits per heavy atom. The van der Waals surface area contributed by atoms with Gasteiger partial charge in [-0.25, -0.2) is 4.79 Å². The highest BCUT2D eigenvalue weighted by Gasteiger charge is 2.40. The van der Waals surface area contributed by atoms with Crippen molar-refractivity contribution < 1.29 is 23.8 Å². The Balaban J connectivity index is 1.76. The van der Waals surface area contributed by atoms with Crippen LogP contribution >= 0.6 is 27.3 Å². The molecule has 1 aromatic heterocycles. The molecule has 3 heterocycles. The summed E-state index contributed by atoms with van der Waals surface area (Å²) in [5, 5.41) is 4.87. The van der Waals surface area contributed by atoms with Gasteiger partial charge in [0, 0.05) is 17.6 Å². The number of rotatable bonds is 8. The third-order valence-electron chi connectivity index (χ3n) is 5.55. The molecule has 7 nitrogen and oxygen atoms in total. The standard InChI is InChI=1S/C24H25BrN2O5S/c1-3-7-32-24(29)27-14-18-10-17(16-5-9-33-15-16)13-26(18)23(28)19-11-21(30-2)22(12-20(19)27)31-8-4-6-25/h3,5,9,11-13,15,18H,1,4,6-8,10,14H2,2H3/t18-/m0/s1. The molecular weight excluding hydrogens is 508 g/mol. The smallest absolute Gasteiger partial charge is 0.414 e. The summed E-state index contributed by atoms with van der Waals surface area (Å²) in [6, 6.07) is 5.17. The number of hydrogen-bond acceptors (Lipinski definition) is 6. The molecule has 0 radical (unpaired) electrons. The van der Waals surface area contributed by atoms with Gasteiger partial charge < -0.3 is 19.1 Å². The van der Waals surface area contributed by atoms with Gasteiger partial charge in [0.2, 0.25) is 0 Å². The molecule has 0 aliphatic carbocycles. The van der Waals surface area contributed by atoms with E-state index in [1.54, 1.807) is 28.4 Å². The largest absolute Gasteiger partial charge is 0.493 e. The summed E-state index contributed by atoms with van der Waals surface area (Å²) in [6.45, 7) is 4.46. The third kappa shape index (κ3) is 4.79. The summed E-state index contributed by atoms with van der Waals surface area (Å²) in [6.07, 6.45) is 4.32. The number of carbonyl (C=O) groups excluding carboxylic acids is 2. The number of carbonyl (C=O) groups is 2. The fourth-order valence-electron chi connectivity index (χ4n) is 3.98. The lowest BCUT2D eigenvalue weighted by Crippen LogP contribution is -2.41. The van der Waals surface area contributed by atoms with Gasteiger partial charge in [0.05, 0.1) is 37.6 Å². The maximum absolute atomic E-state index is 13.6. The van der Waals surface area contributed by atoms with Crippen LogP contribution in [-0.4, -0.2) is 55.1 Å². The molecule has 2 aromatic rings. The first kappa shape index (κ1) is 23.4. The minimum atomic E-state index is -0.536. The number of ether oxygens (including phenoxy) is 3. The lowest BCUT2D eigenvalue weighted by Gasteiger charge is -2.25. The van der Waals surface area contributed by atoms with E-state index in [0.717, 1.165) is 22.9 Å². The van der Waals surface area contributed by atoms with Gasteiger partial charge in [-0.15, -0.1) is 0 Å². The number of amides is 2. The summed E-state index contributed by atoms with van der Waals surface area (Å²) in [5.41, 5.74) is 2.97. The minimum absolute atomic E-state index is 0.0795. The van der Waals surface area contributed by atoms with E-state index in [9.17, 15) is 9.59 Å². The topological polar surface area (TPSA) is 68.3 Å². The normalized spacial score (nSPS) is 17.1. The van der Waals surface area contributed by atoms with E-state index in [0.29, 0.717) is 42.3 Å². The first-order valence-electron chi connectivity index (χ1n) is 10.6. The third-order valence-corrected chi connectivity index (χ3v) is 6.79. The predicted molar refractivity (Wildman–Crippen MR) is 133 cm³/mol. The monoisotopic (exact) mass is 532 g/mol. The second-order valence-corrected chi connectivity index (χ2v) is 9.20. The van der Waals surface area contributed by atoms with Gasteiger partial charge in [-0.1, -0.05) is 28.6 Å². The molecule has 2 aliphatic rings. The maximum Gasteiger partial charge on any atom is 0.414 e. The van der Waals surface area contributed by atoms with E-state index in [1.807, 2.05) is 17.6 Å². The summed E-state index contributed by atoms with van der Waals surface area (Å²) < 4.78 is 16.8. The molecule has 0 unspecified atom stereocenters. The number of nitrogens with zero attached hydrogens (tertiary/aromatic N) is 2. The zero-order valence-corrected chi connectivity index (χ0v) is 20.7. The second kappa shape index (κ2) is 10.4. The van der Waals surface area contributed by atoms with E-state index in [2.05, 4.69) is 27.9 Å². The molecule has 0 saturated carbocycles. The van der Waals surface area contributed by atoms with Crippen molar-refractivity contribution >= 4 is 50.5 Å². The van der Waals surface area contributed by atoms with Crippen LogP contribution in [0.1, 0.15) is 28.8 Å². The molecule has 0 spiro atoms. The quantitative estimate of drug-likeness (QED) is 0.261. The van der Waals surface area contributed by atoms with Crippen LogP contribution in [0.15, 0.2) is 47.8 Å². The van der Waals surface area contributed by atoms with Crippen molar-refractivity contribution in [3.8, 4) is 11.5 Å². The first-order valence-corrected chi connectivity index (χ1v) is 12.7. The molecule has 174 valence electrons. The van der Waals surface area contributed by atoms with E-state index in [4.69, 9.17) is 14.2 Å². The van der Waals surface area contributed by atoms with E-state index < -0.39 is 6.09 Å². The molecule has 0 fully saturated rings. The minimum Gasteiger partial charge on any atom is -0.493 e. The van der Waals surface area contributed by atoms with Gasteiger partial charge in [0.25, 0.3) is 5.91 Å². The Kier molecular flexibility index (Phi) is 7.39. The Hall–Kier alpha value is -2.78. The Morgan fingerprint density at radius 1 is 1.36 bits per heavy atom. The van der Waals surface area contributed by atoms with Crippen LogP contribution in [0.2, 0.25) is 0 Å². The Bertz CT molecular complexity index is 1070. The van der Waals surface area contributed by atoms with E-state index in [-0.39, 0.29) is 18.6 Å². The summed E-state index contributed by atoms with van der Waals surface area (Å²) in [7, 11) is 1.53. The van der Waals surface area contributed by atoms with Gasteiger partial charge in [-0.3, -0.25) is 9.69 Å². The molecule has 33 heavy (non-hydrogen) atoms. The highest BCUT2D eigenvalue weighted by molar-refractivity contribution is 9.09. The Morgan fingerprint density at radius 3 is 2.91 bits per heavy atom. The number of anilines is 1. The van der Waals surface area contributed by atoms with Crippen LogP contribution in [-0.2, 0) is 4.74 Å². The van der Waals surface area contributed by atoms with Gasteiger partial charge in [0.1, 0.15) is 6.61 Å². The average Bonchev–Trinajstić information content (AvgIpc) is 3.48. The lowest BCUT2D eigenvalue weighted by molar-refractivity contribution is 0.0794. The highest BCUT2D eigenvalue weighted by Crippen LogP contribution is 2.41. The SMILES string of the molecule is C=CCOC(=O)N1C[C@@H]2CC(c3ccsc3)=CN2C(=O)c2cc(OC)c(OCCCBr)cc21. The summed E-state index contributed by atoms with van der Waals surface area (Å²) >= 11 is 5.00. The summed E-state index contributed by atoms with van der Waals surface area (Å²) in [4.78, 5) is 29.9. The van der Waals surface area contributed by atoms with E-state index >= 15 is 0 Å². The van der Waals surface area contributed by atoms with Gasteiger partial charge in [-0.2, -0.15) is 11.3 Å². The number of methoxy groups -OCH3 is 1. The number of alkyl halides is 1. The maximum atomic E-state index is 13.6. The number of halogens is 1. The second-order valence-electron chi connectivity index (χ2n) is 7.62. The van der Waals surface area contributed by atoms with Crippen LogP contribution < -0.4 is 14.4 Å². The van der Waals surface area contributed by atoms with Crippen molar-refractivity contribution in [3.63, 3.8) is 0 Å². The number of benzene rings is 1. The fourth-order valence-corrected chi connectivity index (χ4v) is 4.89. The van der Waals surface area contributed by atoms with Gasteiger partial charge in [0.15, 0.2) is 11.5 Å². The number of fused-ring (bicyclic) bond motifs is 2. The number of thiophene rings is 1. The van der Waals surface area contributed by atoms with Crippen molar-refractivity contribution in [3.05, 3.63) is 58.9 Å². The zero-order chi connectivity index (χ0) is 23.4. The van der Waals surface area contributed by atoms with Gasteiger partial charge >= 0.3 is 6.09 Å². The van der Waals surface area contributed by atoms with Crippen molar-refractivity contribution in [1.29, 1.82) is 0 Å². The molecule has 1 atom stereocenters. The van der Waals surface area contributed by atoms with Gasteiger partial charge in [-0.05, 0) is 46.9 Å². The molecule has 4 rings (SSSR count). The van der Waals surface area contributed by atoms with Crippen molar-refractivity contribution in [1.82, 2.24) is 4.90 Å². The predicted octanol–water partition coefficient (Wildman–Crippen LogP) is 5.32. The molecule has 2 amide bonds. The highest BCUT2D eigenvalue weighted by atomic mass is 79.9. The molecule has 0 saturated heterocycles. The fraction of sp³-hybridized carbons (Fsp3) is 0.333. The van der Waals surface area contributed by atoms with Crippen molar-refractivity contribution in [2.24, 2.45) is 0 Å². The zero-order valence-electron chi connectivity index (χ0n) is 18.3. The molecule has 0 N–H and O–H groups in total. The molecule has 0 bridgehead atoms. The summed E-state index contributed by atoms with van der Waals surface area (Å²) in [5.74, 6) is 0.725. The van der Waals surface area contributed by atoms with Crippen LogP contribution in [0.25, 0.3) is 5.57 Å². The molecule has 1 aromatic carbocycles. The van der Waals surface area contributed by atoms with Crippen LogP contribution in [0.4, 0.5) is 10.5 Å². The van der Waals surface area contributed by atoms with E-state index in [1.165, 1.54) is 18.1 Å². The molecule has 2 aliphatic heterocycles. The number of hydrogen-bond donors (Lipinski definition) is 0. The van der Waals surface area contributed by atoms with Crippen molar-refractivity contribution in [2.45, 2.75) is 18.9 Å². The van der Waals surface area contributed by atoms with Crippen LogP contribution in [0.5, 0.6) is 11.5 Å². The molecular formula is C24H25BrN2O5S. The Labute approximate surface area is 205 Å². The van der Waals surface area contributed by atoms with Crippen molar-refractivity contribution in [2.75, 3.05) is 37.1 Å². The first-order chi connectivity index (χ1) is 16.1. The lowest BCUT2D eigenvalue weighted by atomic mass is 10.1. The van der Waals surface area contributed by atoms with Crippen LogP contribution in [0.3, 0.4) is 0 Å². The average molecular weight is 533 g/mol. The molecule has 9 heteroatoms.